The van der Waals surface area contributed by atoms with Crippen LogP contribution in [0.5, 0.6) is 0 Å². The van der Waals surface area contributed by atoms with E-state index < -0.39 is 0 Å². The first-order valence-corrected chi connectivity index (χ1v) is 18.2. The Labute approximate surface area is 309 Å². The van der Waals surface area contributed by atoms with E-state index in [-0.39, 0.29) is 0 Å². The lowest BCUT2D eigenvalue weighted by Gasteiger charge is -2.18. The van der Waals surface area contributed by atoms with E-state index in [1.807, 2.05) is 0 Å². The summed E-state index contributed by atoms with van der Waals surface area (Å²) in [4.78, 5) is 0. The molecule has 0 saturated carbocycles. The third-order valence-electron chi connectivity index (χ3n) is 10.5. The average molecular weight is 675 g/mol. The topological polar surface area (TPSA) is 13.1 Å². The second-order valence-corrected chi connectivity index (χ2v) is 13.6. The van der Waals surface area contributed by atoms with Gasteiger partial charge in [-0.3, -0.25) is 0 Å². The zero-order valence-electron chi connectivity index (χ0n) is 29.0. The van der Waals surface area contributed by atoms with E-state index in [0.717, 1.165) is 39.0 Å². The second-order valence-electron chi connectivity index (χ2n) is 13.6. The van der Waals surface area contributed by atoms with Gasteiger partial charge in [0.25, 0.3) is 0 Å². The third kappa shape index (κ3) is 5.42. The average Bonchev–Trinajstić information content (AvgIpc) is 3.68. The van der Waals surface area contributed by atoms with Crippen LogP contribution in [0.2, 0.25) is 0 Å². The molecule has 0 radical (unpaired) electrons. The molecule has 0 saturated heterocycles. The van der Waals surface area contributed by atoms with Crippen LogP contribution in [-0.4, -0.2) is 0 Å². The van der Waals surface area contributed by atoms with Gasteiger partial charge in [0.05, 0.1) is 0 Å². The Kier molecular flexibility index (Phi) is 7.55. The van der Waals surface area contributed by atoms with Crippen molar-refractivity contribution in [1.82, 2.24) is 0 Å². The molecule has 1 heteroatoms. The number of rotatable bonds is 6. The molecule has 10 rings (SSSR count). The standard InChI is InChI=1S/C52H34O/c1-3-15-35(16-4-1)36-29-31-38(32-30-36)51-44-23-9-11-25-46(44)52(47-26-12-10-24-45(47)51)40-20-13-19-39(33-40)42-27-14-28-49-48(42)34-50(53-49)43-22-8-7-21-41(43)37-17-5-2-6-18-37/h1-34H. The summed E-state index contributed by atoms with van der Waals surface area (Å²) in [5, 5.41) is 6.08. The first kappa shape index (κ1) is 30.8. The zero-order chi connectivity index (χ0) is 35.1. The summed E-state index contributed by atoms with van der Waals surface area (Å²) in [6, 6.07) is 74.0. The van der Waals surface area contributed by atoms with Crippen LogP contribution >= 0.6 is 0 Å². The highest BCUT2D eigenvalue weighted by Crippen LogP contribution is 2.45. The second kappa shape index (κ2) is 13.0. The van der Waals surface area contributed by atoms with Crippen molar-refractivity contribution in [3.63, 3.8) is 0 Å². The van der Waals surface area contributed by atoms with E-state index in [1.165, 1.54) is 60.5 Å². The Morgan fingerprint density at radius 2 is 0.698 bits per heavy atom. The van der Waals surface area contributed by atoms with Gasteiger partial charge in [0.1, 0.15) is 11.3 Å². The largest absolute Gasteiger partial charge is 0.456 e. The van der Waals surface area contributed by atoms with Crippen LogP contribution in [0, 0.1) is 0 Å². The van der Waals surface area contributed by atoms with Crippen molar-refractivity contribution in [3.8, 4) is 67.0 Å². The number of hydrogen-bond acceptors (Lipinski definition) is 1. The molecule has 0 spiro atoms. The fourth-order valence-electron chi connectivity index (χ4n) is 8.07. The van der Waals surface area contributed by atoms with Crippen LogP contribution in [0.25, 0.3) is 99.5 Å². The predicted octanol–water partition coefficient (Wildman–Crippen LogP) is 14.7. The summed E-state index contributed by atoms with van der Waals surface area (Å²) < 4.78 is 6.60. The number of furan rings is 1. The highest BCUT2D eigenvalue weighted by atomic mass is 16.3. The highest BCUT2D eigenvalue weighted by molar-refractivity contribution is 6.21. The van der Waals surface area contributed by atoms with Gasteiger partial charge >= 0.3 is 0 Å². The Morgan fingerprint density at radius 3 is 1.36 bits per heavy atom. The van der Waals surface area contributed by atoms with Gasteiger partial charge in [0.15, 0.2) is 0 Å². The van der Waals surface area contributed by atoms with Crippen molar-refractivity contribution in [2.45, 2.75) is 0 Å². The normalized spacial score (nSPS) is 11.4. The lowest BCUT2D eigenvalue weighted by molar-refractivity contribution is 0.632. The molecule has 1 heterocycles. The fraction of sp³-hybridized carbons (Fsp3) is 0. The van der Waals surface area contributed by atoms with Gasteiger partial charge in [-0.15, -0.1) is 0 Å². The summed E-state index contributed by atoms with van der Waals surface area (Å²) in [5.41, 5.74) is 14.0. The van der Waals surface area contributed by atoms with Crippen LogP contribution in [0.3, 0.4) is 0 Å². The molecule has 1 aromatic heterocycles. The lowest BCUT2D eigenvalue weighted by Crippen LogP contribution is -1.91. The molecular formula is C52H34O. The SMILES string of the molecule is c1ccc(-c2ccc(-c3c4ccccc4c(-c4cccc(-c5cccc6oc(-c7ccccc7-c7ccccc7)cc56)c4)c4ccccc34)cc2)cc1. The van der Waals surface area contributed by atoms with Crippen molar-refractivity contribution >= 4 is 32.5 Å². The molecular weight excluding hydrogens is 641 g/mol. The molecule has 0 N–H and O–H groups in total. The van der Waals surface area contributed by atoms with E-state index >= 15 is 0 Å². The monoisotopic (exact) mass is 674 g/mol. The maximum absolute atomic E-state index is 6.60. The Morgan fingerprint density at radius 1 is 0.245 bits per heavy atom. The Balaban J connectivity index is 1.11. The molecule has 0 aliphatic carbocycles. The maximum atomic E-state index is 6.60. The Hall–Kier alpha value is -6.96. The van der Waals surface area contributed by atoms with Gasteiger partial charge in [-0.1, -0.05) is 188 Å². The van der Waals surface area contributed by atoms with Crippen LogP contribution in [-0.2, 0) is 0 Å². The van der Waals surface area contributed by atoms with Gasteiger partial charge in [0.2, 0.25) is 0 Å². The summed E-state index contributed by atoms with van der Waals surface area (Å²) >= 11 is 0. The van der Waals surface area contributed by atoms with Crippen molar-refractivity contribution in [2.24, 2.45) is 0 Å². The highest BCUT2D eigenvalue weighted by Gasteiger charge is 2.18. The minimum Gasteiger partial charge on any atom is -0.456 e. The van der Waals surface area contributed by atoms with Gasteiger partial charge in [-0.2, -0.15) is 0 Å². The maximum Gasteiger partial charge on any atom is 0.136 e. The first-order chi connectivity index (χ1) is 26.3. The van der Waals surface area contributed by atoms with Gasteiger partial charge < -0.3 is 4.42 Å². The van der Waals surface area contributed by atoms with E-state index in [0.29, 0.717) is 0 Å². The van der Waals surface area contributed by atoms with E-state index in [2.05, 4.69) is 206 Å². The molecule has 1 nitrogen and oxygen atoms in total. The molecule has 0 aliphatic rings. The van der Waals surface area contributed by atoms with Crippen LogP contribution < -0.4 is 0 Å². The van der Waals surface area contributed by atoms with Crippen molar-refractivity contribution in [1.29, 1.82) is 0 Å². The summed E-state index contributed by atoms with van der Waals surface area (Å²) in [5.74, 6) is 0.868. The number of hydrogen-bond donors (Lipinski definition) is 0. The molecule has 0 bridgehead atoms. The smallest absolute Gasteiger partial charge is 0.136 e. The first-order valence-electron chi connectivity index (χ1n) is 18.2. The van der Waals surface area contributed by atoms with Crippen molar-refractivity contribution in [2.75, 3.05) is 0 Å². The number of benzene rings is 9. The molecule has 0 aliphatic heterocycles. The van der Waals surface area contributed by atoms with E-state index in [4.69, 9.17) is 4.42 Å². The minimum atomic E-state index is 0.868. The summed E-state index contributed by atoms with van der Waals surface area (Å²) in [6.45, 7) is 0. The summed E-state index contributed by atoms with van der Waals surface area (Å²) in [7, 11) is 0. The molecule has 0 fully saturated rings. The zero-order valence-corrected chi connectivity index (χ0v) is 29.0. The molecule has 0 amide bonds. The van der Waals surface area contributed by atoms with Crippen LogP contribution in [0.15, 0.2) is 211 Å². The molecule has 10 aromatic rings. The van der Waals surface area contributed by atoms with Gasteiger partial charge in [0, 0.05) is 10.9 Å². The fourth-order valence-corrected chi connectivity index (χ4v) is 8.07. The minimum absolute atomic E-state index is 0.868. The van der Waals surface area contributed by atoms with Crippen molar-refractivity contribution in [3.05, 3.63) is 206 Å². The molecule has 0 atom stereocenters. The lowest BCUT2D eigenvalue weighted by atomic mass is 9.85. The number of fused-ring (bicyclic) bond motifs is 3. The van der Waals surface area contributed by atoms with Crippen LogP contribution in [0.1, 0.15) is 0 Å². The predicted molar refractivity (Wildman–Crippen MR) is 224 cm³/mol. The Bertz CT molecular complexity index is 2860. The van der Waals surface area contributed by atoms with Crippen molar-refractivity contribution < 1.29 is 4.42 Å². The van der Waals surface area contributed by atoms with Gasteiger partial charge in [-0.05, 0) is 95.4 Å². The third-order valence-corrected chi connectivity index (χ3v) is 10.5. The summed E-state index contributed by atoms with van der Waals surface area (Å²) in [6.07, 6.45) is 0. The van der Waals surface area contributed by atoms with Gasteiger partial charge in [-0.25, -0.2) is 0 Å². The molecule has 248 valence electrons. The quantitative estimate of drug-likeness (QED) is 0.160. The molecule has 53 heavy (non-hydrogen) atoms. The molecule has 0 unspecified atom stereocenters. The van der Waals surface area contributed by atoms with E-state index in [1.54, 1.807) is 0 Å². The van der Waals surface area contributed by atoms with Crippen LogP contribution in [0.4, 0.5) is 0 Å². The molecule has 9 aromatic carbocycles. The van der Waals surface area contributed by atoms with E-state index in [9.17, 15) is 0 Å².